The van der Waals surface area contributed by atoms with Crippen molar-refractivity contribution >= 4 is 23.8 Å². The van der Waals surface area contributed by atoms with E-state index in [0.717, 1.165) is 11.3 Å². The lowest BCUT2D eigenvalue weighted by atomic mass is 10.2. The Balaban J connectivity index is 1.76. The van der Waals surface area contributed by atoms with Gasteiger partial charge in [0.15, 0.2) is 6.10 Å². The molecule has 1 amide bonds. The van der Waals surface area contributed by atoms with Gasteiger partial charge in [0.05, 0.1) is 26.1 Å². The maximum absolute atomic E-state index is 12.2. The second-order valence-electron chi connectivity index (χ2n) is 5.60. The molecule has 0 aliphatic heterocycles. The third-order valence-electron chi connectivity index (χ3n) is 3.62. The Kier molecular flexibility index (Phi) is 7.83. The molecule has 2 rings (SSSR count). The number of methoxy groups -OCH3 is 2. The number of nitrogens with one attached hydrogen (secondary N) is 1. The zero-order chi connectivity index (χ0) is 20.4. The maximum atomic E-state index is 12.2. The van der Waals surface area contributed by atoms with Gasteiger partial charge in [0.1, 0.15) is 11.5 Å². The van der Waals surface area contributed by atoms with Crippen LogP contribution in [0.1, 0.15) is 12.5 Å². The van der Waals surface area contributed by atoms with Gasteiger partial charge in [0.25, 0.3) is 5.91 Å². The molecular weight excluding hydrogens is 364 g/mol. The van der Waals surface area contributed by atoms with Crippen LogP contribution >= 0.6 is 0 Å². The Hall–Kier alpha value is -3.55. The van der Waals surface area contributed by atoms with Gasteiger partial charge in [-0.15, -0.1) is 0 Å². The number of carbonyl (C=O) groups is 2. The van der Waals surface area contributed by atoms with Crippen molar-refractivity contribution in [3.63, 3.8) is 0 Å². The van der Waals surface area contributed by atoms with Crippen LogP contribution in [0.5, 0.6) is 11.5 Å². The normalized spacial score (nSPS) is 11.5. The van der Waals surface area contributed by atoms with Gasteiger partial charge in [-0.1, -0.05) is 17.3 Å². The molecule has 0 heterocycles. The quantitative estimate of drug-likeness (QED) is 0.404. The van der Waals surface area contributed by atoms with Gasteiger partial charge in [0.2, 0.25) is 6.61 Å². The van der Waals surface area contributed by atoms with Crippen molar-refractivity contribution in [2.24, 2.45) is 5.16 Å². The number of benzene rings is 2. The summed E-state index contributed by atoms with van der Waals surface area (Å²) < 4.78 is 15.2. The minimum atomic E-state index is -1.01. The number of carbonyl (C=O) groups excluding carboxylic acids is 2. The summed E-state index contributed by atoms with van der Waals surface area (Å²) in [4.78, 5) is 28.8. The molecule has 148 valence electrons. The molecule has 0 spiro atoms. The zero-order valence-electron chi connectivity index (χ0n) is 15.9. The van der Waals surface area contributed by atoms with Crippen LogP contribution in [0.2, 0.25) is 0 Å². The fraction of sp³-hybridized carbons (Fsp3) is 0.250. The fourth-order valence-electron chi connectivity index (χ4n) is 2.15. The SMILES string of the molecule is COc1ccc(/C=N\OCC(=O)O[C@@H](C)C(=O)Nc2ccccc2OC)cc1. The van der Waals surface area contributed by atoms with Crippen molar-refractivity contribution in [1.29, 1.82) is 0 Å². The van der Waals surface area contributed by atoms with Crippen LogP contribution in [0.3, 0.4) is 0 Å². The molecule has 0 unspecified atom stereocenters. The first-order valence-electron chi connectivity index (χ1n) is 8.46. The van der Waals surface area contributed by atoms with E-state index in [1.54, 1.807) is 55.6 Å². The number of esters is 1. The smallest absolute Gasteiger partial charge is 0.347 e. The van der Waals surface area contributed by atoms with Gasteiger partial charge >= 0.3 is 5.97 Å². The summed E-state index contributed by atoms with van der Waals surface area (Å²) >= 11 is 0. The average Bonchev–Trinajstić information content (AvgIpc) is 2.72. The molecule has 2 aromatic carbocycles. The number of rotatable bonds is 9. The lowest BCUT2D eigenvalue weighted by molar-refractivity contribution is -0.157. The highest BCUT2D eigenvalue weighted by Gasteiger charge is 2.19. The van der Waals surface area contributed by atoms with E-state index in [-0.39, 0.29) is 0 Å². The topological polar surface area (TPSA) is 95.5 Å². The van der Waals surface area contributed by atoms with Gasteiger partial charge in [-0.2, -0.15) is 0 Å². The minimum absolute atomic E-state index is 0.418. The van der Waals surface area contributed by atoms with Crippen LogP contribution in [0, 0.1) is 0 Å². The molecule has 1 atom stereocenters. The van der Waals surface area contributed by atoms with E-state index in [4.69, 9.17) is 19.0 Å². The molecule has 8 heteroatoms. The van der Waals surface area contributed by atoms with Crippen molar-refractivity contribution in [3.8, 4) is 11.5 Å². The highest BCUT2D eigenvalue weighted by Crippen LogP contribution is 2.23. The number of hydrogen-bond donors (Lipinski definition) is 1. The lowest BCUT2D eigenvalue weighted by Crippen LogP contribution is -2.31. The molecule has 28 heavy (non-hydrogen) atoms. The molecule has 0 aliphatic rings. The summed E-state index contributed by atoms with van der Waals surface area (Å²) in [6.45, 7) is 1.04. The second kappa shape index (κ2) is 10.6. The molecule has 0 aliphatic carbocycles. The summed E-state index contributed by atoms with van der Waals surface area (Å²) in [7, 11) is 3.08. The van der Waals surface area contributed by atoms with Crippen LogP contribution < -0.4 is 14.8 Å². The third kappa shape index (κ3) is 6.31. The van der Waals surface area contributed by atoms with Gasteiger partial charge in [-0.3, -0.25) is 4.79 Å². The summed E-state index contributed by atoms with van der Waals surface area (Å²) in [6, 6.07) is 14.0. The summed E-state index contributed by atoms with van der Waals surface area (Å²) in [5.41, 5.74) is 1.26. The van der Waals surface area contributed by atoms with Gasteiger partial charge in [0, 0.05) is 0 Å². The van der Waals surface area contributed by atoms with Crippen molar-refractivity contribution in [1.82, 2.24) is 0 Å². The number of amides is 1. The molecule has 8 nitrogen and oxygen atoms in total. The molecule has 0 aromatic heterocycles. The van der Waals surface area contributed by atoms with Gasteiger partial charge in [-0.25, -0.2) is 4.79 Å². The zero-order valence-corrected chi connectivity index (χ0v) is 15.9. The number of nitrogens with zero attached hydrogens (tertiary/aromatic N) is 1. The third-order valence-corrected chi connectivity index (χ3v) is 3.62. The average molecular weight is 386 g/mol. The highest BCUT2D eigenvalue weighted by molar-refractivity contribution is 5.96. The summed E-state index contributed by atoms with van der Waals surface area (Å²) in [5.74, 6) is 0.0294. The predicted octanol–water partition coefficient (Wildman–Crippen LogP) is 2.62. The molecule has 0 bridgehead atoms. The van der Waals surface area contributed by atoms with E-state index in [2.05, 4.69) is 10.5 Å². The second-order valence-corrected chi connectivity index (χ2v) is 5.60. The number of anilines is 1. The Morgan fingerprint density at radius 3 is 2.46 bits per heavy atom. The first-order valence-corrected chi connectivity index (χ1v) is 8.46. The van der Waals surface area contributed by atoms with E-state index in [0.29, 0.717) is 11.4 Å². The largest absolute Gasteiger partial charge is 0.497 e. The number of ether oxygens (including phenoxy) is 3. The highest BCUT2D eigenvalue weighted by atomic mass is 16.7. The van der Waals surface area contributed by atoms with Crippen LogP contribution in [0.25, 0.3) is 0 Å². The van der Waals surface area contributed by atoms with Crippen molar-refractivity contribution in [3.05, 3.63) is 54.1 Å². The van der Waals surface area contributed by atoms with E-state index in [1.165, 1.54) is 20.2 Å². The van der Waals surface area contributed by atoms with E-state index >= 15 is 0 Å². The first kappa shape index (κ1) is 20.8. The van der Waals surface area contributed by atoms with Crippen molar-refractivity contribution < 1.29 is 28.6 Å². The van der Waals surface area contributed by atoms with Crippen LogP contribution in [-0.2, 0) is 19.2 Å². The standard InChI is InChI=1S/C20H22N2O6/c1-14(20(24)22-17-6-4-5-7-18(17)26-3)28-19(23)13-27-21-12-15-8-10-16(25-2)11-9-15/h4-12,14H,13H2,1-3H3,(H,22,24)/b21-12-/t14-/m0/s1. The van der Waals surface area contributed by atoms with E-state index < -0.39 is 24.6 Å². The lowest BCUT2D eigenvalue weighted by Gasteiger charge is -2.14. The molecule has 0 fully saturated rings. The predicted molar refractivity (Wildman–Crippen MR) is 104 cm³/mol. The molecule has 2 aromatic rings. The van der Waals surface area contributed by atoms with Gasteiger partial charge in [-0.05, 0) is 48.9 Å². The molecule has 1 N–H and O–H groups in total. The number of para-hydroxylation sites is 2. The Morgan fingerprint density at radius 1 is 1.07 bits per heavy atom. The number of hydrogen-bond acceptors (Lipinski definition) is 7. The van der Waals surface area contributed by atoms with Crippen LogP contribution in [0.15, 0.2) is 53.7 Å². The fourth-order valence-corrected chi connectivity index (χ4v) is 2.15. The first-order chi connectivity index (χ1) is 13.5. The van der Waals surface area contributed by atoms with E-state index in [1.807, 2.05) is 0 Å². The monoisotopic (exact) mass is 386 g/mol. The van der Waals surface area contributed by atoms with E-state index in [9.17, 15) is 9.59 Å². The summed E-state index contributed by atoms with van der Waals surface area (Å²) in [5, 5.41) is 6.34. The maximum Gasteiger partial charge on any atom is 0.347 e. The Labute approximate surface area is 163 Å². The molecular formula is C20H22N2O6. The van der Waals surface area contributed by atoms with Gasteiger partial charge < -0.3 is 24.4 Å². The molecule has 0 saturated heterocycles. The molecule has 0 saturated carbocycles. The minimum Gasteiger partial charge on any atom is -0.497 e. The Bertz CT molecular complexity index is 820. The number of oxime groups is 1. The van der Waals surface area contributed by atoms with Crippen molar-refractivity contribution in [2.75, 3.05) is 26.1 Å². The Morgan fingerprint density at radius 2 is 1.79 bits per heavy atom. The summed E-state index contributed by atoms with van der Waals surface area (Å²) in [6.07, 6.45) is 0.441. The van der Waals surface area contributed by atoms with Crippen LogP contribution in [0.4, 0.5) is 5.69 Å². The van der Waals surface area contributed by atoms with Crippen molar-refractivity contribution in [2.45, 2.75) is 13.0 Å². The molecule has 0 radical (unpaired) electrons. The van der Waals surface area contributed by atoms with Crippen LogP contribution in [-0.4, -0.2) is 45.0 Å².